The van der Waals surface area contributed by atoms with Crippen LogP contribution in [0.5, 0.6) is 0 Å². The number of hydrazine groups is 1. The first-order valence-electron chi connectivity index (χ1n) is 4.64. The van der Waals surface area contributed by atoms with Gasteiger partial charge in [-0.25, -0.2) is 5.84 Å². The molecule has 1 aromatic rings. The minimum absolute atomic E-state index is 0.185. The maximum Gasteiger partial charge on any atom is 0.269 e. The molecule has 0 fully saturated rings. The molecule has 2 amide bonds. The Balaban J connectivity index is 2.50. The Hall–Kier alpha value is -2.48. The highest BCUT2D eigenvalue weighted by atomic mass is 16.6. The van der Waals surface area contributed by atoms with Gasteiger partial charge in [0.1, 0.15) is 5.92 Å². The monoisotopic (exact) mass is 236 g/mol. The number of amides is 2. The number of carbonyl (C=O) groups excluding carboxylic acids is 2. The molecule has 0 radical (unpaired) electrons. The van der Waals surface area contributed by atoms with Crippen LogP contribution in [0.3, 0.4) is 0 Å². The maximum absolute atomic E-state index is 11.5. The molecule has 0 bridgehead atoms. The average molecular weight is 236 g/mol. The lowest BCUT2D eigenvalue weighted by molar-refractivity contribution is -0.384. The van der Waals surface area contributed by atoms with Crippen LogP contribution in [0.2, 0.25) is 0 Å². The van der Waals surface area contributed by atoms with Crippen molar-refractivity contribution >= 4 is 23.2 Å². The Bertz CT molecular complexity index is 520. The van der Waals surface area contributed by atoms with Gasteiger partial charge in [0.25, 0.3) is 11.6 Å². The smallest absolute Gasteiger partial charge is 0.269 e. The van der Waals surface area contributed by atoms with Crippen LogP contribution in [-0.2, 0) is 9.59 Å². The number of nitrogens with two attached hydrogens (primary N) is 1. The van der Waals surface area contributed by atoms with Crippen LogP contribution in [0.15, 0.2) is 18.2 Å². The van der Waals surface area contributed by atoms with Gasteiger partial charge in [0.2, 0.25) is 5.91 Å². The van der Waals surface area contributed by atoms with Crippen LogP contribution >= 0.6 is 0 Å². The second kappa shape index (κ2) is 3.83. The number of benzene rings is 1. The van der Waals surface area contributed by atoms with E-state index in [4.69, 9.17) is 5.84 Å². The Morgan fingerprint density at radius 3 is 2.82 bits per heavy atom. The number of anilines is 1. The Labute approximate surface area is 94.9 Å². The molecule has 17 heavy (non-hydrogen) atoms. The second-order valence-corrected chi connectivity index (χ2v) is 3.46. The first-order chi connectivity index (χ1) is 8.04. The van der Waals surface area contributed by atoms with Crippen LogP contribution in [-0.4, -0.2) is 16.7 Å². The standard InChI is InChI=1S/C9H8N4O4/c10-12-9(15)7-5-3-4(13(16)17)1-2-6(5)11-8(7)14/h1-3,7H,10H2,(H,11,14)(H,12,15). The van der Waals surface area contributed by atoms with E-state index in [1.165, 1.54) is 18.2 Å². The number of nitro benzene ring substituents is 1. The molecule has 1 aliphatic heterocycles. The number of nitrogens with one attached hydrogen (secondary N) is 2. The van der Waals surface area contributed by atoms with Crippen molar-refractivity contribution in [1.29, 1.82) is 0 Å². The molecule has 8 heteroatoms. The molecule has 88 valence electrons. The highest BCUT2D eigenvalue weighted by molar-refractivity contribution is 6.16. The minimum atomic E-state index is -1.14. The van der Waals surface area contributed by atoms with Gasteiger partial charge in [-0.1, -0.05) is 0 Å². The van der Waals surface area contributed by atoms with Crippen molar-refractivity contribution in [3.8, 4) is 0 Å². The van der Waals surface area contributed by atoms with Gasteiger partial charge in [0.15, 0.2) is 0 Å². The fraction of sp³-hybridized carbons (Fsp3) is 0.111. The summed E-state index contributed by atoms with van der Waals surface area (Å²) in [5.41, 5.74) is 2.31. The summed E-state index contributed by atoms with van der Waals surface area (Å²) in [5.74, 6) is 2.55. The van der Waals surface area contributed by atoms with Crippen molar-refractivity contribution in [3.63, 3.8) is 0 Å². The SMILES string of the molecule is NNC(=O)C1C(=O)Nc2ccc([N+](=O)[O-])cc21. The van der Waals surface area contributed by atoms with Crippen LogP contribution < -0.4 is 16.6 Å². The molecule has 0 saturated heterocycles. The van der Waals surface area contributed by atoms with Gasteiger partial charge in [0, 0.05) is 23.4 Å². The van der Waals surface area contributed by atoms with E-state index in [0.717, 1.165) is 0 Å². The molecule has 0 saturated carbocycles. The van der Waals surface area contributed by atoms with Crippen molar-refractivity contribution < 1.29 is 14.5 Å². The fourth-order valence-electron chi connectivity index (χ4n) is 1.71. The predicted molar refractivity (Wildman–Crippen MR) is 56.8 cm³/mol. The topological polar surface area (TPSA) is 127 Å². The first-order valence-corrected chi connectivity index (χ1v) is 4.64. The van der Waals surface area contributed by atoms with E-state index in [1.54, 1.807) is 0 Å². The van der Waals surface area contributed by atoms with Gasteiger partial charge in [0.05, 0.1) is 4.92 Å². The highest BCUT2D eigenvalue weighted by Gasteiger charge is 2.37. The van der Waals surface area contributed by atoms with Crippen LogP contribution in [0.1, 0.15) is 11.5 Å². The lowest BCUT2D eigenvalue weighted by Gasteiger charge is -2.05. The van der Waals surface area contributed by atoms with Crippen LogP contribution in [0.25, 0.3) is 0 Å². The number of hydrogen-bond acceptors (Lipinski definition) is 5. The van der Waals surface area contributed by atoms with Gasteiger partial charge in [-0.15, -0.1) is 0 Å². The molecular formula is C9H8N4O4. The number of hydrogen-bond donors (Lipinski definition) is 3. The molecule has 2 rings (SSSR count). The third-order valence-corrected chi connectivity index (χ3v) is 2.48. The fourth-order valence-corrected chi connectivity index (χ4v) is 1.71. The molecular weight excluding hydrogens is 228 g/mol. The number of rotatable bonds is 2. The molecule has 1 aliphatic rings. The van der Waals surface area contributed by atoms with Crippen molar-refractivity contribution in [1.82, 2.24) is 5.43 Å². The van der Waals surface area contributed by atoms with Crippen LogP contribution in [0, 0.1) is 10.1 Å². The molecule has 1 atom stereocenters. The maximum atomic E-state index is 11.5. The van der Waals surface area contributed by atoms with E-state index in [2.05, 4.69) is 5.32 Å². The van der Waals surface area contributed by atoms with Crippen LogP contribution in [0.4, 0.5) is 11.4 Å². The van der Waals surface area contributed by atoms with Crippen molar-refractivity contribution in [2.24, 2.45) is 5.84 Å². The molecule has 0 aromatic heterocycles. The van der Waals surface area contributed by atoms with E-state index < -0.39 is 22.7 Å². The zero-order valence-corrected chi connectivity index (χ0v) is 8.47. The Kier molecular flexibility index (Phi) is 2.48. The van der Waals surface area contributed by atoms with Gasteiger partial charge in [-0.05, 0) is 6.07 Å². The number of non-ortho nitro benzene ring substituents is 1. The predicted octanol–water partition coefficient (Wildman–Crippen LogP) is -0.380. The van der Waals surface area contributed by atoms with E-state index in [1.807, 2.05) is 5.43 Å². The Morgan fingerprint density at radius 2 is 2.24 bits per heavy atom. The van der Waals surface area contributed by atoms with Crippen molar-refractivity contribution in [3.05, 3.63) is 33.9 Å². The summed E-state index contributed by atoms with van der Waals surface area (Å²) < 4.78 is 0. The van der Waals surface area contributed by atoms with Crippen molar-refractivity contribution in [2.75, 3.05) is 5.32 Å². The number of carbonyl (C=O) groups is 2. The van der Waals surface area contributed by atoms with Crippen molar-refractivity contribution in [2.45, 2.75) is 5.92 Å². The number of fused-ring (bicyclic) bond motifs is 1. The number of nitrogens with zero attached hydrogens (tertiary/aromatic N) is 1. The summed E-state index contributed by atoms with van der Waals surface area (Å²) in [5, 5.41) is 13.1. The third-order valence-electron chi connectivity index (χ3n) is 2.48. The van der Waals surface area contributed by atoms with E-state index in [9.17, 15) is 19.7 Å². The molecule has 1 unspecified atom stereocenters. The zero-order valence-electron chi connectivity index (χ0n) is 8.47. The number of nitro groups is 1. The molecule has 1 heterocycles. The van der Waals surface area contributed by atoms with E-state index in [-0.39, 0.29) is 11.3 Å². The summed E-state index contributed by atoms with van der Waals surface area (Å²) in [7, 11) is 0. The third kappa shape index (κ3) is 1.70. The van der Waals surface area contributed by atoms with Gasteiger partial charge in [-0.2, -0.15) is 0 Å². The normalized spacial score (nSPS) is 17.2. The van der Waals surface area contributed by atoms with Gasteiger partial charge < -0.3 is 5.32 Å². The summed E-state index contributed by atoms with van der Waals surface area (Å²) in [4.78, 5) is 32.9. The van der Waals surface area contributed by atoms with E-state index >= 15 is 0 Å². The summed E-state index contributed by atoms with van der Waals surface area (Å²) in [6, 6.07) is 3.82. The zero-order chi connectivity index (χ0) is 12.6. The largest absolute Gasteiger partial charge is 0.325 e. The molecule has 8 nitrogen and oxygen atoms in total. The highest BCUT2D eigenvalue weighted by Crippen LogP contribution is 2.34. The lowest BCUT2D eigenvalue weighted by atomic mass is 9.99. The molecule has 1 aromatic carbocycles. The Morgan fingerprint density at radius 1 is 1.53 bits per heavy atom. The molecule has 4 N–H and O–H groups in total. The second-order valence-electron chi connectivity index (χ2n) is 3.46. The molecule has 0 aliphatic carbocycles. The first kappa shape index (κ1) is 11.0. The summed E-state index contributed by atoms with van der Waals surface area (Å²) in [6.07, 6.45) is 0. The lowest BCUT2D eigenvalue weighted by Crippen LogP contribution is -2.37. The van der Waals surface area contributed by atoms with Gasteiger partial charge in [-0.3, -0.25) is 25.1 Å². The summed E-state index contributed by atoms with van der Waals surface area (Å²) >= 11 is 0. The average Bonchev–Trinajstić information content (AvgIpc) is 2.62. The van der Waals surface area contributed by atoms with Gasteiger partial charge >= 0.3 is 0 Å². The molecule has 0 spiro atoms. The minimum Gasteiger partial charge on any atom is -0.325 e. The van der Waals surface area contributed by atoms with E-state index in [0.29, 0.717) is 5.69 Å². The summed E-state index contributed by atoms with van der Waals surface area (Å²) in [6.45, 7) is 0. The quantitative estimate of drug-likeness (QED) is 0.212.